The molecule has 3 aromatic rings. The average molecular weight is 224 g/mol. The predicted octanol–water partition coefficient (Wildman–Crippen LogP) is 1.60. The fourth-order valence-corrected chi connectivity index (χ4v) is 1.65. The quantitative estimate of drug-likeness (QED) is 0.620. The minimum absolute atomic E-state index is 0.474. The maximum absolute atomic E-state index is 10.6. The minimum atomic E-state index is 0.474. The van der Waals surface area contributed by atoms with E-state index < -0.39 is 0 Å². The molecular formula is C12H8N4O. The molecule has 0 spiro atoms. The molecule has 2 aromatic heterocycles. The Hall–Kier alpha value is -2.56. The Morgan fingerprint density at radius 1 is 1.18 bits per heavy atom. The van der Waals surface area contributed by atoms with Crippen LogP contribution >= 0.6 is 0 Å². The maximum Gasteiger partial charge on any atom is 0.183 e. The fourth-order valence-electron chi connectivity index (χ4n) is 1.65. The standard InChI is InChI=1S/C12H8N4O/c17-8-9-6-13-12-11(14-15-16(12)7-9)10-4-2-1-3-5-10/h1-8H. The first-order chi connectivity index (χ1) is 8.38. The topological polar surface area (TPSA) is 60.2 Å². The molecule has 0 N–H and O–H groups in total. The summed E-state index contributed by atoms with van der Waals surface area (Å²) in [7, 11) is 0. The summed E-state index contributed by atoms with van der Waals surface area (Å²) in [5.74, 6) is 0. The van der Waals surface area contributed by atoms with Gasteiger partial charge in [-0.1, -0.05) is 35.5 Å². The Labute approximate surface area is 96.7 Å². The zero-order chi connectivity index (χ0) is 11.7. The van der Waals surface area contributed by atoms with Crippen molar-refractivity contribution in [2.75, 3.05) is 0 Å². The molecule has 17 heavy (non-hydrogen) atoms. The van der Waals surface area contributed by atoms with E-state index in [-0.39, 0.29) is 0 Å². The van der Waals surface area contributed by atoms with Crippen LogP contribution in [0.3, 0.4) is 0 Å². The average Bonchev–Trinajstić information content (AvgIpc) is 2.82. The van der Waals surface area contributed by atoms with Gasteiger partial charge >= 0.3 is 0 Å². The molecule has 82 valence electrons. The summed E-state index contributed by atoms with van der Waals surface area (Å²) in [5.41, 5.74) is 2.78. The Bertz CT molecular complexity index is 675. The Balaban J connectivity index is 2.22. The van der Waals surface area contributed by atoms with Crippen LogP contribution in [-0.4, -0.2) is 26.1 Å². The van der Waals surface area contributed by atoms with Crippen molar-refractivity contribution in [2.45, 2.75) is 0 Å². The molecule has 1 aromatic carbocycles. The smallest absolute Gasteiger partial charge is 0.183 e. The van der Waals surface area contributed by atoms with Crippen LogP contribution in [0.5, 0.6) is 0 Å². The summed E-state index contributed by atoms with van der Waals surface area (Å²) >= 11 is 0. The van der Waals surface area contributed by atoms with E-state index in [1.54, 1.807) is 6.20 Å². The van der Waals surface area contributed by atoms with E-state index >= 15 is 0 Å². The summed E-state index contributed by atoms with van der Waals surface area (Å²) < 4.78 is 1.51. The van der Waals surface area contributed by atoms with Crippen LogP contribution in [0.1, 0.15) is 10.4 Å². The Morgan fingerprint density at radius 2 is 2.00 bits per heavy atom. The third kappa shape index (κ3) is 1.57. The van der Waals surface area contributed by atoms with Crippen LogP contribution in [0.15, 0.2) is 42.7 Å². The number of hydrogen-bond acceptors (Lipinski definition) is 4. The normalized spacial score (nSPS) is 10.6. The first-order valence-electron chi connectivity index (χ1n) is 5.10. The van der Waals surface area contributed by atoms with Gasteiger partial charge in [-0.25, -0.2) is 9.50 Å². The number of rotatable bonds is 2. The first-order valence-corrected chi connectivity index (χ1v) is 5.10. The van der Waals surface area contributed by atoms with Crippen molar-refractivity contribution in [1.82, 2.24) is 19.8 Å². The largest absolute Gasteiger partial charge is 0.298 e. The SMILES string of the molecule is O=Cc1cnc2c(-c3ccccc3)nnn2c1. The number of nitrogens with zero attached hydrogens (tertiary/aromatic N) is 4. The molecule has 0 unspecified atom stereocenters. The van der Waals surface area contributed by atoms with Crippen molar-refractivity contribution in [3.05, 3.63) is 48.3 Å². The second-order valence-corrected chi connectivity index (χ2v) is 3.58. The van der Waals surface area contributed by atoms with Crippen molar-refractivity contribution >= 4 is 11.9 Å². The Morgan fingerprint density at radius 3 is 2.76 bits per heavy atom. The molecule has 3 rings (SSSR count). The minimum Gasteiger partial charge on any atom is -0.298 e. The van der Waals surface area contributed by atoms with E-state index in [0.29, 0.717) is 16.9 Å². The molecule has 0 saturated heterocycles. The van der Waals surface area contributed by atoms with E-state index in [1.807, 2.05) is 30.3 Å². The summed E-state index contributed by atoms with van der Waals surface area (Å²) in [6, 6.07) is 9.69. The lowest BCUT2D eigenvalue weighted by Crippen LogP contribution is -1.93. The second kappa shape index (κ2) is 3.79. The molecule has 0 aliphatic carbocycles. The highest BCUT2D eigenvalue weighted by atomic mass is 16.1. The molecule has 5 heteroatoms. The molecule has 2 heterocycles. The van der Waals surface area contributed by atoms with Crippen LogP contribution in [0.25, 0.3) is 16.9 Å². The van der Waals surface area contributed by atoms with E-state index in [4.69, 9.17) is 0 Å². The van der Waals surface area contributed by atoms with Crippen LogP contribution < -0.4 is 0 Å². The number of carbonyl (C=O) groups excluding carboxylic acids is 1. The molecule has 0 saturated carbocycles. The third-order valence-electron chi connectivity index (χ3n) is 2.46. The number of aromatic nitrogens is 4. The second-order valence-electron chi connectivity index (χ2n) is 3.58. The molecule has 5 nitrogen and oxygen atoms in total. The highest BCUT2D eigenvalue weighted by molar-refractivity contribution is 5.77. The lowest BCUT2D eigenvalue weighted by atomic mass is 10.2. The van der Waals surface area contributed by atoms with Crippen molar-refractivity contribution in [3.63, 3.8) is 0 Å². The molecule has 0 fully saturated rings. The molecule has 0 aliphatic heterocycles. The number of fused-ring (bicyclic) bond motifs is 1. The van der Waals surface area contributed by atoms with E-state index in [9.17, 15) is 4.79 Å². The lowest BCUT2D eigenvalue weighted by Gasteiger charge is -1.96. The van der Waals surface area contributed by atoms with Crippen molar-refractivity contribution in [1.29, 1.82) is 0 Å². The van der Waals surface area contributed by atoms with Crippen molar-refractivity contribution < 1.29 is 4.79 Å². The molecule has 0 atom stereocenters. The molecule has 0 aliphatic rings. The van der Waals surface area contributed by atoms with Crippen molar-refractivity contribution in [3.8, 4) is 11.3 Å². The summed E-state index contributed by atoms with van der Waals surface area (Å²) in [5, 5.41) is 8.02. The van der Waals surface area contributed by atoms with Gasteiger partial charge in [0, 0.05) is 18.0 Å². The van der Waals surface area contributed by atoms with Gasteiger partial charge in [0.1, 0.15) is 5.69 Å². The van der Waals surface area contributed by atoms with Crippen LogP contribution in [0.2, 0.25) is 0 Å². The first kappa shape index (κ1) is 9.65. The van der Waals surface area contributed by atoms with Crippen LogP contribution in [0, 0.1) is 0 Å². The molecule has 0 amide bonds. The van der Waals surface area contributed by atoms with Gasteiger partial charge in [0.25, 0.3) is 0 Å². The number of hydrogen-bond donors (Lipinski definition) is 0. The molecule has 0 radical (unpaired) electrons. The van der Waals surface area contributed by atoms with Crippen molar-refractivity contribution in [2.24, 2.45) is 0 Å². The predicted molar refractivity (Wildman–Crippen MR) is 61.6 cm³/mol. The highest BCUT2D eigenvalue weighted by Crippen LogP contribution is 2.19. The van der Waals surface area contributed by atoms with Gasteiger partial charge in [-0.2, -0.15) is 0 Å². The van der Waals surface area contributed by atoms with E-state index in [0.717, 1.165) is 11.8 Å². The zero-order valence-corrected chi connectivity index (χ0v) is 8.82. The monoisotopic (exact) mass is 224 g/mol. The van der Waals surface area contributed by atoms with Gasteiger partial charge in [0.05, 0.1) is 5.56 Å². The van der Waals surface area contributed by atoms with Gasteiger partial charge in [0.2, 0.25) is 0 Å². The summed E-state index contributed by atoms with van der Waals surface area (Å²) in [6.45, 7) is 0. The van der Waals surface area contributed by atoms with Gasteiger partial charge in [-0.15, -0.1) is 5.10 Å². The summed E-state index contributed by atoms with van der Waals surface area (Å²) in [4.78, 5) is 14.8. The molecule has 0 bridgehead atoms. The van der Waals surface area contributed by atoms with Gasteiger partial charge in [-0.05, 0) is 0 Å². The molecular weight excluding hydrogens is 216 g/mol. The fraction of sp³-hybridized carbons (Fsp3) is 0. The van der Waals surface area contributed by atoms with Crippen LogP contribution in [-0.2, 0) is 0 Å². The van der Waals surface area contributed by atoms with Gasteiger partial charge in [0.15, 0.2) is 11.9 Å². The highest BCUT2D eigenvalue weighted by Gasteiger charge is 2.09. The Kier molecular flexibility index (Phi) is 2.15. The lowest BCUT2D eigenvalue weighted by molar-refractivity contribution is 0.112. The number of carbonyl (C=O) groups is 1. The van der Waals surface area contributed by atoms with Crippen LogP contribution in [0.4, 0.5) is 0 Å². The van der Waals surface area contributed by atoms with Gasteiger partial charge < -0.3 is 0 Å². The van der Waals surface area contributed by atoms with E-state index in [2.05, 4.69) is 15.3 Å². The van der Waals surface area contributed by atoms with Gasteiger partial charge in [-0.3, -0.25) is 4.79 Å². The number of benzene rings is 1. The maximum atomic E-state index is 10.6. The number of aldehydes is 1. The summed E-state index contributed by atoms with van der Waals surface area (Å²) in [6.07, 6.45) is 3.85. The third-order valence-corrected chi connectivity index (χ3v) is 2.46. The zero-order valence-electron chi connectivity index (χ0n) is 8.82. The van der Waals surface area contributed by atoms with E-state index in [1.165, 1.54) is 10.7 Å².